The van der Waals surface area contributed by atoms with Gasteiger partial charge in [-0.3, -0.25) is 14.3 Å². The standard InChI is InChI=1S/C10H15N3O4/c1-3-17-7(2)10(16)11-8-4-5-13(12-8)6-9(14)15/h4-5,7H,3,6H2,1-2H3,(H,14,15)(H,11,12,16). The number of hydrogen-bond acceptors (Lipinski definition) is 4. The van der Waals surface area contributed by atoms with Crippen molar-refractivity contribution < 1.29 is 19.4 Å². The predicted molar refractivity (Wildman–Crippen MR) is 59.6 cm³/mol. The predicted octanol–water partition coefficient (Wildman–Crippen LogP) is 0.331. The number of carbonyl (C=O) groups excluding carboxylic acids is 1. The van der Waals surface area contributed by atoms with Crippen molar-refractivity contribution in [1.29, 1.82) is 0 Å². The molecule has 0 aliphatic rings. The van der Waals surface area contributed by atoms with Gasteiger partial charge in [0.05, 0.1) is 0 Å². The van der Waals surface area contributed by atoms with Gasteiger partial charge in [0, 0.05) is 18.9 Å². The summed E-state index contributed by atoms with van der Waals surface area (Å²) in [4.78, 5) is 22.0. The third-order valence-electron chi connectivity index (χ3n) is 1.98. The van der Waals surface area contributed by atoms with Crippen molar-refractivity contribution in [3.8, 4) is 0 Å². The van der Waals surface area contributed by atoms with E-state index >= 15 is 0 Å². The molecule has 0 aliphatic heterocycles. The van der Waals surface area contributed by atoms with Crippen molar-refractivity contribution in [3.63, 3.8) is 0 Å². The van der Waals surface area contributed by atoms with Crippen molar-refractivity contribution >= 4 is 17.7 Å². The van der Waals surface area contributed by atoms with Crippen molar-refractivity contribution in [1.82, 2.24) is 9.78 Å². The molecule has 0 aliphatic carbocycles. The molecule has 7 heteroatoms. The monoisotopic (exact) mass is 241 g/mol. The highest BCUT2D eigenvalue weighted by Crippen LogP contribution is 2.04. The number of anilines is 1. The number of rotatable bonds is 6. The highest BCUT2D eigenvalue weighted by Gasteiger charge is 2.13. The van der Waals surface area contributed by atoms with Gasteiger partial charge in [0.25, 0.3) is 5.91 Å². The Morgan fingerprint density at radius 3 is 2.94 bits per heavy atom. The summed E-state index contributed by atoms with van der Waals surface area (Å²) in [6, 6.07) is 1.53. The van der Waals surface area contributed by atoms with Crippen molar-refractivity contribution in [2.24, 2.45) is 0 Å². The molecule has 2 N–H and O–H groups in total. The van der Waals surface area contributed by atoms with Crippen LogP contribution in [0, 0.1) is 0 Å². The normalized spacial score (nSPS) is 12.1. The van der Waals surface area contributed by atoms with Gasteiger partial charge in [-0.05, 0) is 13.8 Å². The van der Waals surface area contributed by atoms with Crippen LogP contribution < -0.4 is 5.32 Å². The molecular weight excluding hydrogens is 226 g/mol. The minimum atomic E-state index is -0.992. The van der Waals surface area contributed by atoms with Gasteiger partial charge in [-0.25, -0.2) is 0 Å². The van der Waals surface area contributed by atoms with Gasteiger partial charge in [-0.1, -0.05) is 0 Å². The van der Waals surface area contributed by atoms with E-state index in [-0.39, 0.29) is 12.5 Å². The summed E-state index contributed by atoms with van der Waals surface area (Å²) in [5.74, 6) is -0.996. The van der Waals surface area contributed by atoms with E-state index in [1.807, 2.05) is 0 Å². The minimum Gasteiger partial charge on any atom is -0.480 e. The molecule has 7 nitrogen and oxygen atoms in total. The first-order chi connectivity index (χ1) is 8.02. The number of carboxylic acids is 1. The van der Waals surface area contributed by atoms with Gasteiger partial charge in [-0.2, -0.15) is 5.10 Å². The summed E-state index contributed by atoms with van der Waals surface area (Å²) < 4.78 is 6.33. The summed E-state index contributed by atoms with van der Waals surface area (Å²) in [5, 5.41) is 15.0. The molecule has 1 heterocycles. The lowest BCUT2D eigenvalue weighted by atomic mass is 10.4. The SMILES string of the molecule is CCOC(C)C(=O)Nc1ccn(CC(=O)O)n1. The number of aliphatic carboxylic acids is 1. The van der Waals surface area contributed by atoms with Crippen LogP contribution in [0.5, 0.6) is 0 Å². The lowest BCUT2D eigenvalue weighted by Crippen LogP contribution is -2.28. The maximum atomic E-state index is 11.5. The maximum absolute atomic E-state index is 11.5. The van der Waals surface area contributed by atoms with E-state index in [4.69, 9.17) is 9.84 Å². The van der Waals surface area contributed by atoms with E-state index in [9.17, 15) is 9.59 Å². The van der Waals surface area contributed by atoms with Crippen LogP contribution in [0.3, 0.4) is 0 Å². The van der Waals surface area contributed by atoms with Crippen LogP contribution in [0.15, 0.2) is 12.3 Å². The Morgan fingerprint density at radius 2 is 2.35 bits per heavy atom. The number of aromatic nitrogens is 2. The number of nitrogens with one attached hydrogen (secondary N) is 1. The largest absolute Gasteiger partial charge is 0.480 e. The molecule has 0 saturated heterocycles. The molecule has 0 radical (unpaired) electrons. The quantitative estimate of drug-likeness (QED) is 0.748. The molecule has 1 amide bonds. The van der Waals surface area contributed by atoms with E-state index < -0.39 is 12.1 Å². The Balaban J connectivity index is 2.54. The molecule has 0 spiro atoms. The van der Waals surface area contributed by atoms with Crippen molar-refractivity contribution in [2.75, 3.05) is 11.9 Å². The van der Waals surface area contributed by atoms with Crippen LogP contribution in [-0.4, -0.2) is 39.5 Å². The van der Waals surface area contributed by atoms with E-state index in [0.717, 1.165) is 0 Å². The third-order valence-corrected chi connectivity index (χ3v) is 1.98. The molecule has 94 valence electrons. The Bertz CT molecular complexity index is 402. The number of ether oxygens (including phenoxy) is 1. The van der Waals surface area contributed by atoms with E-state index in [0.29, 0.717) is 12.4 Å². The molecule has 0 aromatic carbocycles. The summed E-state index contributed by atoms with van der Waals surface area (Å²) in [7, 11) is 0. The van der Waals surface area contributed by atoms with Crippen molar-refractivity contribution in [3.05, 3.63) is 12.3 Å². The minimum absolute atomic E-state index is 0.239. The van der Waals surface area contributed by atoms with Gasteiger partial charge in [0.15, 0.2) is 5.82 Å². The molecule has 17 heavy (non-hydrogen) atoms. The smallest absolute Gasteiger partial charge is 0.325 e. The molecule has 1 aromatic heterocycles. The Morgan fingerprint density at radius 1 is 1.65 bits per heavy atom. The van der Waals surface area contributed by atoms with Crippen LogP contribution in [0.25, 0.3) is 0 Å². The van der Waals surface area contributed by atoms with Crippen LogP contribution in [0.1, 0.15) is 13.8 Å². The van der Waals surface area contributed by atoms with Gasteiger partial charge in [-0.15, -0.1) is 0 Å². The summed E-state index contributed by atoms with van der Waals surface area (Å²) >= 11 is 0. The molecular formula is C10H15N3O4. The number of carbonyl (C=O) groups is 2. The zero-order valence-electron chi connectivity index (χ0n) is 9.71. The molecule has 0 saturated carbocycles. The number of hydrogen-bond donors (Lipinski definition) is 2. The fourth-order valence-electron chi connectivity index (χ4n) is 1.21. The van der Waals surface area contributed by atoms with Gasteiger partial charge in [0.1, 0.15) is 12.6 Å². The zero-order valence-corrected chi connectivity index (χ0v) is 9.71. The van der Waals surface area contributed by atoms with Crippen LogP contribution in [0.4, 0.5) is 5.82 Å². The molecule has 0 fully saturated rings. The molecule has 1 atom stereocenters. The second-order valence-corrected chi connectivity index (χ2v) is 3.38. The first kappa shape index (κ1) is 13.2. The second-order valence-electron chi connectivity index (χ2n) is 3.38. The van der Waals surface area contributed by atoms with Gasteiger partial charge >= 0.3 is 5.97 Å². The first-order valence-corrected chi connectivity index (χ1v) is 5.20. The lowest BCUT2D eigenvalue weighted by Gasteiger charge is -2.10. The number of amides is 1. The summed E-state index contributed by atoms with van der Waals surface area (Å²) in [6.07, 6.45) is 0.916. The molecule has 1 aromatic rings. The number of carboxylic acid groups (broad SMARTS) is 1. The Kier molecular flexibility index (Phi) is 4.65. The third kappa shape index (κ3) is 4.23. The van der Waals surface area contributed by atoms with Crippen LogP contribution in [-0.2, 0) is 20.9 Å². The highest BCUT2D eigenvalue weighted by molar-refractivity contribution is 5.93. The first-order valence-electron chi connectivity index (χ1n) is 5.20. The zero-order chi connectivity index (χ0) is 12.8. The number of nitrogens with zero attached hydrogens (tertiary/aromatic N) is 2. The van der Waals surface area contributed by atoms with Gasteiger partial charge < -0.3 is 15.2 Å². The molecule has 0 bridgehead atoms. The lowest BCUT2D eigenvalue weighted by molar-refractivity contribution is -0.137. The van der Waals surface area contributed by atoms with Crippen molar-refractivity contribution in [2.45, 2.75) is 26.5 Å². The summed E-state index contributed by atoms with van der Waals surface area (Å²) in [5.41, 5.74) is 0. The summed E-state index contributed by atoms with van der Waals surface area (Å²) in [6.45, 7) is 3.64. The van der Waals surface area contributed by atoms with Gasteiger partial charge in [0.2, 0.25) is 0 Å². The maximum Gasteiger partial charge on any atom is 0.325 e. The fourth-order valence-corrected chi connectivity index (χ4v) is 1.21. The Hall–Kier alpha value is -1.89. The molecule has 1 unspecified atom stereocenters. The van der Waals surface area contributed by atoms with Crippen LogP contribution >= 0.6 is 0 Å². The fraction of sp³-hybridized carbons (Fsp3) is 0.500. The van der Waals surface area contributed by atoms with Crippen LogP contribution in [0.2, 0.25) is 0 Å². The molecule has 1 rings (SSSR count). The highest BCUT2D eigenvalue weighted by atomic mass is 16.5. The average Bonchev–Trinajstić information content (AvgIpc) is 2.64. The average molecular weight is 241 g/mol. The van der Waals surface area contributed by atoms with E-state index in [2.05, 4.69) is 10.4 Å². The van der Waals surface area contributed by atoms with E-state index in [1.165, 1.54) is 16.9 Å². The second kappa shape index (κ2) is 6.00. The van der Waals surface area contributed by atoms with E-state index in [1.54, 1.807) is 13.8 Å². The topological polar surface area (TPSA) is 93.5 Å². The Labute approximate surface area is 98.4 Å².